The van der Waals surface area contributed by atoms with Gasteiger partial charge in [-0.25, -0.2) is 4.79 Å². The Balaban J connectivity index is 1.88. The van der Waals surface area contributed by atoms with Crippen molar-refractivity contribution in [3.63, 3.8) is 0 Å². The van der Waals surface area contributed by atoms with Gasteiger partial charge in [-0.2, -0.15) is 5.10 Å². The Kier molecular flexibility index (Phi) is 5.33. The molecule has 26 heavy (non-hydrogen) atoms. The van der Waals surface area contributed by atoms with Gasteiger partial charge in [0.05, 0.1) is 24.6 Å². The van der Waals surface area contributed by atoms with Gasteiger partial charge in [-0.15, -0.1) is 5.10 Å². The molecule has 1 saturated heterocycles. The zero-order chi connectivity index (χ0) is 18.5. The van der Waals surface area contributed by atoms with Crippen molar-refractivity contribution < 1.29 is 19.4 Å². The quantitative estimate of drug-likeness (QED) is 0.490. The van der Waals surface area contributed by atoms with Crippen molar-refractivity contribution in [2.45, 2.75) is 0 Å². The number of thioether (sulfide) groups is 1. The number of hydrogen-bond acceptors (Lipinski definition) is 7. The Bertz CT molecular complexity index is 924. The second-order valence-electron chi connectivity index (χ2n) is 5.30. The Morgan fingerprint density at radius 2 is 2.12 bits per heavy atom. The van der Waals surface area contributed by atoms with Gasteiger partial charge in [-0.05, 0) is 23.8 Å². The standard InChI is InChI=1S/C18H15N3O4S/c1-25-17(24)12-5-2-4-11(8-12)14-7-3-6-13(16(14)23)9-19-21-18-20-15(22)10-26-18/h2-9,23H,10H2,1H3,(H,20,21,22). The Morgan fingerprint density at radius 3 is 2.85 bits per heavy atom. The number of benzene rings is 2. The van der Waals surface area contributed by atoms with Crippen LogP contribution in [0.15, 0.2) is 52.7 Å². The zero-order valence-electron chi connectivity index (χ0n) is 13.8. The molecule has 132 valence electrons. The number of phenols is 1. The fourth-order valence-corrected chi connectivity index (χ4v) is 2.98. The number of para-hydroxylation sites is 1. The van der Waals surface area contributed by atoms with E-state index in [0.717, 1.165) is 0 Å². The lowest BCUT2D eigenvalue weighted by Crippen LogP contribution is -2.19. The molecule has 2 N–H and O–H groups in total. The lowest BCUT2D eigenvalue weighted by molar-refractivity contribution is -0.116. The second kappa shape index (κ2) is 7.83. The van der Waals surface area contributed by atoms with E-state index in [1.165, 1.54) is 25.1 Å². The normalized spacial score (nSPS) is 15.4. The number of rotatable bonds is 4. The van der Waals surface area contributed by atoms with Crippen LogP contribution in [0.4, 0.5) is 0 Å². The third-order valence-electron chi connectivity index (χ3n) is 3.59. The van der Waals surface area contributed by atoms with Crippen LogP contribution in [-0.4, -0.2) is 41.2 Å². The molecule has 1 heterocycles. The van der Waals surface area contributed by atoms with Crippen molar-refractivity contribution in [2.75, 3.05) is 12.9 Å². The number of hydrogen-bond donors (Lipinski definition) is 2. The summed E-state index contributed by atoms with van der Waals surface area (Å²) < 4.78 is 4.72. The fraction of sp³-hybridized carbons (Fsp3) is 0.111. The molecule has 0 spiro atoms. The average molecular weight is 369 g/mol. The van der Waals surface area contributed by atoms with Gasteiger partial charge in [0.15, 0.2) is 5.17 Å². The zero-order valence-corrected chi connectivity index (χ0v) is 14.6. The molecular weight excluding hydrogens is 354 g/mol. The number of nitrogens with zero attached hydrogens (tertiary/aromatic N) is 2. The first-order valence-corrected chi connectivity index (χ1v) is 8.61. The number of aromatic hydroxyl groups is 1. The maximum atomic E-state index is 11.7. The molecule has 0 atom stereocenters. The third kappa shape index (κ3) is 3.92. The maximum Gasteiger partial charge on any atom is 0.337 e. The van der Waals surface area contributed by atoms with Crippen LogP contribution in [0.5, 0.6) is 5.75 Å². The first kappa shape index (κ1) is 17.7. The number of carbonyl (C=O) groups is 2. The minimum absolute atomic E-state index is 0.0153. The number of amides is 1. The van der Waals surface area contributed by atoms with Gasteiger partial charge in [0.2, 0.25) is 5.91 Å². The second-order valence-corrected chi connectivity index (χ2v) is 6.27. The van der Waals surface area contributed by atoms with Gasteiger partial charge in [-0.3, -0.25) is 4.79 Å². The molecule has 1 aliphatic rings. The molecule has 1 fully saturated rings. The smallest absolute Gasteiger partial charge is 0.337 e. The molecule has 8 heteroatoms. The summed E-state index contributed by atoms with van der Waals surface area (Å²) in [4.78, 5) is 22.8. The Hall–Kier alpha value is -3.13. The van der Waals surface area contributed by atoms with Crippen LogP contribution < -0.4 is 5.32 Å². The van der Waals surface area contributed by atoms with Gasteiger partial charge >= 0.3 is 5.97 Å². The van der Waals surface area contributed by atoms with E-state index in [0.29, 0.717) is 33.2 Å². The predicted octanol–water partition coefficient (Wildman–Crippen LogP) is 2.40. The van der Waals surface area contributed by atoms with Crippen molar-refractivity contribution >= 4 is 35.0 Å². The lowest BCUT2D eigenvalue weighted by atomic mass is 10.00. The van der Waals surface area contributed by atoms with E-state index in [2.05, 4.69) is 15.5 Å². The molecule has 2 aromatic rings. The van der Waals surface area contributed by atoms with Crippen LogP contribution in [0.25, 0.3) is 11.1 Å². The van der Waals surface area contributed by atoms with E-state index in [-0.39, 0.29) is 11.7 Å². The molecule has 3 rings (SSSR count). The summed E-state index contributed by atoms with van der Waals surface area (Å²) in [5.41, 5.74) is 2.08. The molecule has 1 aliphatic heterocycles. The molecule has 0 radical (unpaired) electrons. The number of nitrogens with one attached hydrogen (secondary N) is 1. The van der Waals surface area contributed by atoms with Gasteiger partial charge in [0, 0.05) is 11.1 Å². The minimum atomic E-state index is -0.448. The summed E-state index contributed by atoms with van der Waals surface area (Å²) in [6.07, 6.45) is 1.40. The summed E-state index contributed by atoms with van der Waals surface area (Å²) in [6.45, 7) is 0. The van der Waals surface area contributed by atoms with Crippen LogP contribution in [0, 0.1) is 0 Å². The monoisotopic (exact) mass is 369 g/mol. The molecule has 2 aromatic carbocycles. The first-order valence-electron chi connectivity index (χ1n) is 7.63. The van der Waals surface area contributed by atoms with Crippen molar-refractivity contribution in [3.8, 4) is 16.9 Å². The van der Waals surface area contributed by atoms with Crippen molar-refractivity contribution in [3.05, 3.63) is 53.6 Å². The van der Waals surface area contributed by atoms with E-state index < -0.39 is 5.97 Å². The summed E-state index contributed by atoms with van der Waals surface area (Å²) in [6, 6.07) is 12.0. The van der Waals surface area contributed by atoms with E-state index in [9.17, 15) is 14.7 Å². The summed E-state index contributed by atoms with van der Waals surface area (Å²) in [5, 5.41) is 21.3. The molecule has 0 aliphatic carbocycles. The highest BCUT2D eigenvalue weighted by molar-refractivity contribution is 8.15. The Labute approximate surface area is 153 Å². The molecule has 0 unspecified atom stereocenters. The molecule has 1 amide bonds. The molecular formula is C18H15N3O4S. The largest absolute Gasteiger partial charge is 0.507 e. The number of amidine groups is 1. The SMILES string of the molecule is COC(=O)c1cccc(-c2cccc(C=NN=C3NC(=O)CS3)c2O)c1. The number of methoxy groups -OCH3 is 1. The number of phenolic OH excluding ortho intramolecular Hbond substituents is 1. The first-order chi connectivity index (χ1) is 12.6. The van der Waals surface area contributed by atoms with Crippen LogP contribution >= 0.6 is 11.8 Å². The van der Waals surface area contributed by atoms with Crippen LogP contribution in [-0.2, 0) is 9.53 Å². The van der Waals surface area contributed by atoms with E-state index in [1.807, 2.05) is 0 Å². The van der Waals surface area contributed by atoms with Crippen LogP contribution in [0.2, 0.25) is 0 Å². The number of esters is 1. The third-order valence-corrected chi connectivity index (χ3v) is 4.46. The molecule has 0 aromatic heterocycles. The Morgan fingerprint density at radius 1 is 1.31 bits per heavy atom. The topological polar surface area (TPSA) is 100 Å². The van der Waals surface area contributed by atoms with Gasteiger partial charge in [0.1, 0.15) is 5.75 Å². The van der Waals surface area contributed by atoms with E-state index in [1.54, 1.807) is 42.5 Å². The molecule has 0 saturated carbocycles. The minimum Gasteiger partial charge on any atom is -0.507 e. The highest BCUT2D eigenvalue weighted by Gasteiger charge is 2.16. The molecule has 7 nitrogen and oxygen atoms in total. The lowest BCUT2D eigenvalue weighted by Gasteiger charge is -2.08. The number of ether oxygens (including phenoxy) is 1. The summed E-state index contributed by atoms with van der Waals surface area (Å²) in [7, 11) is 1.32. The van der Waals surface area contributed by atoms with Crippen molar-refractivity contribution in [1.29, 1.82) is 0 Å². The van der Waals surface area contributed by atoms with Crippen molar-refractivity contribution in [1.82, 2.24) is 5.32 Å². The van der Waals surface area contributed by atoms with Gasteiger partial charge < -0.3 is 15.2 Å². The summed E-state index contributed by atoms with van der Waals surface area (Å²) in [5.74, 6) is -0.220. The predicted molar refractivity (Wildman–Crippen MR) is 101 cm³/mol. The van der Waals surface area contributed by atoms with Crippen LogP contribution in [0.1, 0.15) is 15.9 Å². The summed E-state index contributed by atoms with van der Waals surface area (Å²) >= 11 is 1.27. The molecule has 0 bridgehead atoms. The van der Waals surface area contributed by atoms with Gasteiger partial charge in [0.25, 0.3) is 0 Å². The maximum absolute atomic E-state index is 11.7. The fourth-order valence-electron chi connectivity index (χ4n) is 2.35. The van der Waals surface area contributed by atoms with E-state index in [4.69, 9.17) is 4.74 Å². The van der Waals surface area contributed by atoms with Crippen LogP contribution in [0.3, 0.4) is 0 Å². The van der Waals surface area contributed by atoms with E-state index >= 15 is 0 Å². The number of carbonyl (C=O) groups excluding carboxylic acids is 2. The highest BCUT2D eigenvalue weighted by atomic mass is 32.2. The highest BCUT2D eigenvalue weighted by Crippen LogP contribution is 2.32. The van der Waals surface area contributed by atoms with Crippen molar-refractivity contribution in [2.24, 2.45) is 10.2 Å². The average Bonchev–Trinajstić information content (AvgIpc) is 3.07. The van der Waals surface area contributed by atoms with Gasteiger partial charge in [-0.1, -0.05) is 36.0 Å².